The Kier molecular flexibility index (Phi) is 5.49. The molecule has 2 aromatic rings. The lowest BCUT2D eigenvalue weighted by molar-refractivity contribution is -0.122. The van der Waals surface area contributed by atoms with Crippen molar-refractivity contribution in [2.45, 2.75) is 45.6 Å². The predicted octanol–water partition coefficient (Wildman–Crippen LogP) is 5.15. The van der Waals surface area contributed by atoms with Crippen molar-refractivity contribution in [2.75, 3.05) is 16.8 Å². The largest absolute Gasteiger partial charge is 0.369 e. The van der Waals surface area contributed by atoms with E-state index in [1.54, 1.807) is 30.3 Å². The summed E-state index contributed by atoms with van der Waals surface area (Å²) in [5.74, 6) is -0.980. The predicted molar refractivity (Wildman–Crippen MR) is 130 cm³/mol. The molecule has 2 aliphatic rings. The minimum atomic E-state index is -0.751. The molecular formula is C25H26BrN3O3. The number of amides is 4. The Labute approximate surface area is 196 Å². The van der Waals surface area contributed by atoms with Gasteiger partial charge in [0.2, 0.25) is 0 Å². The van der Waals surface area contributed by atoms with Crippen LogP contribution in [0, 0.1) is 6.92 Å². The van der Waals surface area contributed by atoms with E-state index in [1.807, 2.05) is 6.92 Å². The van der Waals surface area contributed by atoms with Gasteiger partial charge < -0.3 is 4.90 Å². The number of hydrogen-bond acceptors (Lipinski definition) is 4. The molecule has 0 radical (unpaired) electrons. The van der Waals surface area contributed by atoms with Gasteiger partial charge in [-0.2, -0.15) is 0 Å². The van der Waals surface area contributed by atoms with E-state index < -0.39 is 17.8 Å². The van der Waals surface area contributed by atoms with E-state index in [9.17, 15) is 14.4 Å². The van der Waals surface area contributed by atoms with Crippen LogP contribution in [0.25, 0.3) is 6.08 Å². The van der Waals surface area contributed by atoms with Crippen molar-refractivity contribution in [1.29, 1.82) is 0 Å². The fraction of sp³-hybridized carbons (Fsp3) is 0.320. The molecule has 0 aromatic heterocycles. The van der Waals surface area contributed by atoms with Crippen molar-refractivity contribution >= 4 is 51.2 Å². The van der Waals surface area contributed by atoms with E-state index in [0.29, 0.717) is 11.6 Å². The van der Waals surface area contributed by atoms with Crippen LogP contribution in [0.3, 0.4) is 0 Å². The van der Waals surface area contributed by atoms with Gasteiger partial charge in [0.15, 0.2) is 0 Å². The molecule has 1 fully saturated rings. The number of carbonyl (C=O) groups excluding carboxylic acids is 3. The quantitative estimate of drug-likeness (QED) is 0.462. The zero-order valence-corrected chi connectivity index (χ0v) is 20.4. The number of fused-ring (bicyclic) bond motifs is 1. The minimum Gasteiger partial charge on any atom is -0.369 e. The van der Waals surface area contributed by atoms with Crippen molar-refractivity contribution in [3.63, 3.8) is 0 Å². The van der Waals surface area contributed by atoms with Crippen LogP contribution in [-0.2, 0) is 9.59 Å². The number of hydrogen-bond donors (Lipinski definition) is 1. The number of aryl methyl sites for hydroxylation is 1. The van der Waals surface area contributed by atoms with Gasteiger partial charge in [0.05, 0.1) is 5.69 Å². The Bertz CT molecular complexity index is 1170. The molecule has 2 heterocycles. The molecule has 32 heavy (non-hydrogen) atoms. The normalized spacial score (nSPS) is 21.6. The molecule has 1 N–H and O–H groups in total. The fourth-order valence-electron chi connectivity index (χ4n) is 4.53. The second kappa shape index (κ2) is 7.89. The molecule has 1 unspecified atom stereocenters. The first-order valence-corrected chi connectivity index (χ1v) is 11.3. The number of benzene rings is 2. The summed E-state index contributed by atoms with van der Waals surface area (Å²) >= 11 is 3.35. The number of halogens is 1. The third-order valence-electron chi connectivity index (χ3n) is 6.51. The lowest BCUT2D eigenvalue weighted by atomic mass is 9.79. The van der Waals surface area contributed by atoms with Crippen LogP contribution in [-0.4, -0.2) is 30.4 Å². The molecular weight excluding hydrogens is 470 g/mol. The van der Waals surface area contributed by atoms with Crippen LogP contribution in [0.4, 0.5) is 16.2 Å². The number of anilines is 2. The van der Waals surface area contributed by atoms with Crippen LogP contribution in [0.5, 0.6) is 0 Å². The van der Waals surface area contributed by atoms with E-state index in [4.69, 9.17) is 0 Å². The minimum absolute atomic E-state index is 0.0452. The Morgan fingerprint density at radius 1 is 1.12 bits per heavy atom. The molecule has 6 nitrogen and oxygen atoms in total. The van der Waals surface area contributed by atoms with E-state index in [0.717, 1.165) is 26.9 Å². The van der Waals surface area contributed by atoms with Crippen molar-refractivity contribution in [3.05, 3.63) is 63.1 Å². The van der Waals surface area contributed by atoms with Crippen LogP contribution >= 0.6 is 15.9 Å². The monoisotopic (exact) mass is 495 g/mol. The molecule has 0 saturated carbocycles. The van der Waals surface area contributed by atoms with E-state index >= 15 is 0 Å². The number of carbonyl (C=O) groups is 3. The third kappa shape index (κ3) is 3.75. The van der Waals surface area contributed by atoms with Crippen molar-refractivity contribution in [3.8, 4) is 0 Å². The Balaban J connectivity index is 1.77. The summed E-state index contributed by atoms with van der Waals surface area (Å²) < 4.78 is 0.824. The number of nitrogens with zero attached hydrogens (tertiary/aromatic N) is 2. The molecule has 2 aliphatic heterocycles. The summed E-state index contributed by atoms with van der Waals surface area (Å²) in [5.41, 5.74) is 4.49. The van der Waals surface area contributed by atoms with Crippen LogP contribution < -0.4 is 15.1 Å². The highest BCUT2D eigenvalue weighted by Gasteiger charge is 2.38. The summed E-state index contributed by atoms with van der Waals surface area (Å²) in [6.45, 7) is 8.63. The lowest BCUT2D eigenvalue weighted by Crippen LogP contribution is -2.54. The summed E-state index contributed by atoms with van der Waals surface area (Å²) in [6, 6.07) is 10.2. The van der Waals surface area contributed by atoms with Crippen LogP contribution in [0.15, 0.2) is 46.4 Å². The van der Waals surface area contributed by atoms with Gasteiger partial charge in [0.25, 0.3) is 11.8 Å². The molecule has 1 saturated heterocycles. The second-order valence-corrected chi connectivity index (χ2v) is 10.1. The molecule has 7 heteroatoms. The number of imide groups is 2. The fourth-order valence-corrected chi connectivity index (χ4v) is 4.79. The first-order valence-electron chi connectivity index (χ1n) is 10.5. The Hall–Kier alpha value is -2.93. The van der Waals surface area contributed by atoms with Crippen molar-refractivity contribution < 1.29 is 14.4 Å². The summed E-state index contributed by atoms with van der Waals surface area (Å²) in [5, 5.41) is 2.29. The van der Waals surface area contributed by atoms with Crippen LogP contribution in [0.1, 0.15) is 49.8 Å². The summed E-state index contributed by atoms with van der Waals surface area (Å²) in [4.78, 5) is 41.5. The van der Waals surface area contributed by atoms with E-state index in [2.05, 4.69) is 66.1 Å². The first-order chi connectivity index (χ1) is 15.0. The van der Waals surface area contributed by atoms with Crippen molar-refractivity contribution in [1.82, 2.24) is 5.32 Å². The highest BCUT2D eigenvalue weighted by Crippen LogP contribution is 2.43. The van der Waals surface area contributed by atoms with Crippen LogP contribution in [0.2, 0.25) is 0 Å². The maximum absolute atomic E-state index is 13.2. The van der Waals surface area contributed by atoms with Gasteiger partial charge in [-0.05, 0) is 92.3 Å². The molecule has 0 bridgehead atoms. The van der Waals surface area contributed by atoms with Gasteiger partial charge in [-0.3, -0.25) is 14.9 Å². The van der Waals surface area contributed by atoms with Gasteiger partial charge in [-0.1, -0.05) is 22.9 Å². The maximum atomic E-state index is 13.2. The Morgan fingerprint density at radius 2 is 1.78 bits per heavy atom. The highest BCUT2D eigenvalue weighted by molar-refractivity contribution is 9.10. The smallest absolute Gasteiger partial charge is 0.335 e. The first kappa shape index (κ1) is 22.3. The van der Waals surface area contributed by atoms with Gasteiger partial charge >= 0.3 is 6.03 Å². The molecule has 0 spiro atoms. The number of barbiturate groups is 1. The molecule has 1 atom stereocenters. The lowest BCUT2D eigenvalue weighted by Gasteiger charge is -2.45. The molecule has 2 aromatic carbocycles. The van der Waals surface area contributed by atoms with E-state index in [1.165, 1.54) is 11.3 Å². The molecule has 4 rings (SSSR count). The second-order valence-electron chi connectivity index (χ2n) is 9.18. The summed E-state index contributed by atoms with van der Waals surface area (Å²) in [7, 11) is 2.10. The molecule has 166 valence electrons. The van der Waals surface area contributed by atoms with E-state index in [-0.39, 0.29) is 11.1 Å². The maximum Gasteiger partial charge on any atom is 0.335 e. The van der Waals surface area contributed by atoms with Gasteiger partial charge in [0.1, 0.15) is 5.57 Å². The SMILES string of the molecule is Cc1cc2c(cc1/C=C1\C(=O)NC(=O)N(c3ccc(Br)cc3)C1=O)C(C)CC(C)(C)N2C. The zero-order chi connectivity index (χ0) is 23.4. The molecule has 0 aliphatic carbocycles. The summed E-state index contributed by atoms with van der Waals surface area (Å²) in [6.07, 6.45) is 2.60. The van der Waals surface area contributed by atoms with Crippen molar-refractivity contribution in [2.24, 2.45) is 0 Å². The van der Waals surface area contributed by atoms with Gasteiger partial charge in [0, 0.05) is 22.7 Å². The third-order valence-corrected chi connectivity index (χ3v) is 7.04. The number of nitrogens with one attached hydrogen (secondary N) is 1. The topological polar surface area (TPSA) is 69.7 Å². The standard InChI is InChI=1S/C25H26BrN3O3/c1-14-10-21-19(15(2)13-25(3,4)28(21)5)11-16(14)12-20-22(30)27-24(32)29(23(20)31)18-8-6-17(26)7-9-18/h6-12,15H,13H2,1-5H3,(H,27,30,32)/b20-12+. The number of urea groups is 1. The Morgan fingerprint density at radius 3 is 2.44 bits per heavy atom. The van der Waals surface area contributed by atoms with Gasteiger partial charge in [-0.15, -0.1) is 0 Å². The molecule has 4 amide bonds. The van der Waals surface area contributed by atoms with Gasteiger partial charge in [-0.25, -0.2) is 9.69 Å². The average Bonchev–Trinajstić information content (AvgIpc) is 2.71. The number of rotatable bonds is 2. The zero-order valence-electron chi connectivity index (χ0n) is 18.8. The average molecular weight is 496 g/mol. The highest BCUT2D eigenvalue weighted by atomic mass is 79.9.